The number of amides is 1. The summed E-state index contributed by atoms with van der Waals surface area (Å²) in [6.45, 7) is 1.19. The summed E-state index contributed by atoms with van der Waals surface area (Å²) < 4.78 is 15.3. The van der Waals surface area contributed by atoms with Crippen LogP contribution >= 0.6 is 34.8 Å². The lowest BCUT2D eigenvalue weighted by molar-refractivity contribution is -0.385. The molecule has 0 spiro atoms. The zero-order valence-electron chi connectivity index (χ0n) is 15.7. The molecular formula is C18H15Cl3N2O7. The van der Waals surface area contributed by atoms with Crippen molar-refractivity contribution in [3.8, 4) is 11.5 Å². The van der Waals surface area contributed by atoms with Crippen molar-refractivity contribution in [2.24, 2.45) is 0 Å². The molecule has 0 heterocycles. The van der Waals surface area contributed by atoms with Gasteiger partial charge in [-0.05, 0) is 19.1 Å². The maximum atomic E-state index is 12.4. The lowest BCUT2D eigenvalue weighted by Crippen LogP contribution is -2.21. The summed E-state index contributed by atoms with van der Waals surface area (Å²) >= 11 is 17.7. The second kappa shape index (κ2) is 10.3. The number of rotatable bonds is 8. The maximum absolute atomic E-state index is 12.4. The molecule has 0 atom stereocenters. The molecule has 30 heavy (non-hydrogen) atoms. The van der Waals surface area contributed by atoms with Crippen LogP contribution in [-0.4, -0.2) is 37.1 Å². The molecule has 0 saturated heterocycles. The van der Waals surface area contributed by atoms with Crippen molar-refractivity contribution in [1.29, 1.82) is 0 Å². The number of hydrogen-bond acceptors (Lipinski definition) is 7. The lowest BCUT2D eigenvalue weighted by atomic mass is 10.1. The highest BCUT2D eigenvalue weighted by Crippen LogP contribution is 2.35. The topological polar surface area (TPSA) is 117 Å². The van der Waals surface area contributed by atoms with E-state index in [1.807, 2.05) is 0 Å². The number of nitro groups is 1. The van der Waals surface area contributed by atoms with Crippen LogP contribution in [0.2, 0.25) is 15.1 Å². The van der Waals surface area contributed by atoms with Gasteiger partial charge in [-0.15, -0.1) is 0 Å². The number of nitrogens with zero attached hydrogens (tertiary/aromatic N) is 1. The first-order valence-corrected chi connectivity index (χ1v) is 9.42. The fourth-order valence-electron chi connectivity index (χ4n) is 2.31. The molecule has 0 saturated carbocycles. The number of nitro benzene ring substituents is 1. The third kappa shape index (κ3) is 5.65. The number of hydrogen-bond donors (Lipinski definition) is 1. The first kappa shape index (κ1) is 23.5. The predicted molar refractivity (Wildman–Crippen MR) is 111 cm³/mol. The number of esters is 1. The summed E-state index contributed by atoms with van der Waals surface area (Å²) in [5.74, 6) is -1.65. The molecule has 0 aliphatic rings. The Hall–Kier alpha value is -2.75. The molecule has 0 unspecified atom stereocenters. The highest BCUT2D eigenvalue weighted by atomic mass is 35.5. The van der Waals surface area contributed by atoms with Gasteiger partial charge < -0.3 is 19.5 Å². The predicted octanol–water partition coefficient (Wildman–Crippen LogP) is 4.76. The third-order valence-corrected chi connectivity index (χ3v) is 4.65. The molecule has 0 aliphatic heterocycles. The molecule has 1 amide bonds. The molecule has 0 bridgehead atoms. The molecule has 2 aromatic rings. The number of carbonyl (C=O) groups excluding carboxylic acids is 2. The molecule has 0 aromatic heterocycles. The molecule has 0 aliphatic carbocycles. The molecule has 0 radical (unpaired) electrons. The monoisotopic (exact) mass is 476 g/mol. The van der Waals surface area contributed by atoms with Crippen molar-refractivity contribution in [2.75, 3.05) is 25.6 Å². The summed E-state index contributed by atoms with van der Waals surface area (Å²) in [5.41, 5.74) is -0.806. The summed E-state index contributed by atoms with van der Waals surface area (Å²) in [5, 5.41) is 14.2. The Bertz CT molecular complexity index is 998. The van der Waals surface area contributed by atoms with E-state index < -0.39 is 34.7 Å². The van der Waals surface area contributed by atoms with E-state index >= 15 is 0 Å². The van der Waals surface area contributed by atoms with Crippen molar-refractivity contribution in [1.82, 2.24) is 0 Å². The van der Waals surface area contributed by atoms with Gasteiger partial charge in [0.2, 0.25) is 0 Å². The van der Waals surface area contributed by atoms with Gasteiger partial charge in [0.25, 0.3) is 11.6 Å². The van der Waals surface area contributed by atoms with E-state index in [-0.39, 0.29) is 38.9 Å². The molecule has 1 N–H and O–H groups in total. The SMILES string of the molecule is CCOc1cc(C(=O)OCC(=O)Nc2cc(Cl)c(Cl)cc2Cl)c([N+](=O)[O-])cc1OC. The van der Waals surface area contributed by atoms with Crippen LogP contribution in [0.1, 0.15) is 17.3 Å². The van der Waals surface area contributed by atoms with Crippen LogP contribution in [0.5, 0.6) is 11.5 Å². The van der Waals surface area contributed by atoms with E-state index in [2.05, 4.69) is 5.32 Å². The van der Waals surface area contributed by atoms with E-state index in [1.165, 1.54) is 19.2 Å². The summed E-state index contributed by atoms with van der Waals surface area (Å²) in [6, 6.07) is 4.82. The Morgan fingerprint density at radius 1 is 1.07 bits per heavy atom. The van der Waals surface area contributed by atoms with Gasteiger partial charge in [-0.25, -0.2) is 4.79 Å². The molecule has 12 heteroatoms. The number of nitrogens with one attached hydrogen (secondary N) is 1. The lowest BCUT2D eigenvalue weighted by Gasteiger charge is -2.12. The van der Waals surface area contributed by atoms with Gasteiger partial charge in [0, 0.05) is 6.07 Å². The summed E-state index contributed by atoms with van der Waals surface area (Å²) in [4.78, 5) is 35.0. The maximum Gasteiger partial charge on any atom is 0.345 e. The quantitative estimate of drug-likeness (QED) is 0.252. The van der Waals surface area contributed by atoms with Gasteiger partial charge in [-0.3, -0.25) is 14.9 Å². The van der Waals surface area contributed by atoms with E-state index in [9.17, 15) is 19.7 Å². The van der Waals surface area contributed by atoms with Crippen molar-refractivity contribution < 1.29 is 28.7 Å². The number of halogens is 3. The molecular weight excluding hydrogens is 463 g/mol. The van der Waals surface area contributed by atoms with E-state index in [0.717, 1.165) is 12.1 Å². The minimum absolute atomic E-state index is 0.0760. The van der Waals surface area contributed by atoms with Gasteiger partial charge >= 0.3 is 5.97 Å². The summed E-state index contributed by atoms with van der Waals surface area (Å²) in [7, 11) is 1.30. The van der Waals surface area contributed by atoms with Gasteiger partial charge in [0.05, 0.1) is 45.5 Å². The third-order valence-electron chi connectivity index (χ3n) is 3.62. The van der Waals surface area contributed by atoms with E-state index in [0.29, 0.717) is 0 Å². The second-order valence-corrected chi connectivity index (χ2v) is 6.80. The van der Waals surface area contributed by atoms with Crippen molar-refractivity contribution in [3.63, 3.8) is 0 Å². The van der Waals surface area contributed by atoms with Crippen LogP contribution in [0.25, 0.3) is 0 Å². The Labute approximate surface area is 185 Å². The van der Waals surface area contributed by atoms with Gasteiger partial charge in [-0.1, -0.05) is 34.8 Å². The largest absolute Gasteiger partial charge is 0.493 e. The van der Waals surface area contributed by atoms with Gasteiger partial charge in [0.15, 0.2) is 18.1 Å². The molecule has 2 rings (SSSR count). The zero-order valence-corrected chi connectivity index (χ0v) is 17.9. The minimum atomic E-state index is -1.10. The van der Waals surface area contributed by atoms with Crippen LogP contribution in [0, 0.1) is 10.1 Å². The van der Waals surface area contributed by atoms with E-state index in [4.69, 9.17) is 49.0 Å². The number of benzene rings is 2. The molecule has 160 valence electrons. The van der Waals surface area contributed by atoms with Gasteiger partial charge in [0.1, 0.15) is 5.56 Å². The molecule has 2 aromatic carbocycles. The first-order valence-electron chi connectivity index (χ1n) is 8.28. The second-order valence-electron chi connectivity index (χ2n) is 5.58. The molecule has 9 nitrogen and oxygen atoms in total. The smallest absolute Gasteiger partial charge is 0.345 e. The van der Waals surface area contributed by atoms with Crippen LogP contribution in [0.3, 0.4) is 0 Å². The Morgan fingerprint density at radius 3 is 2.33 bits per heavy atom. The highest BCUT2D eigenvalue weighted by molar-refractivity contribution is 6.44. The van der Waals surface area contributed by atoms with Crippen LogP contribution in [0.15, 0.2) is 24.3 Å². The first-order chi connectivity index (χ1) is 14.2. The fourth-order valence-corrected chi connectivity index (χ4v) is 2.90. The van der Waals surface area contributed by atoms with Crippen LogP contribution in [0.4, 0.5) is 11.4 Å². The van der Waals surface area contributed by atoms with Crippen LogP contribution in [-0.2, 0) is 9.53 Å². The van der Waals surface area contributed by atoms with Crippen molar-refractivity contribution in [3.05, 3.63) is 55.0 Å². The Morgan fingerprint density at radius 2 is 1.73 bits per heavy atom. The average Bonchev–Trinajstić information content (AvgIpc) is 2.70. The normalized spacial score (nSPS) is 10.3. The Kier molecular flexibility index (Phi) is 8.10. The van der Waals surface area contributed by atoms with Crippen molar-refractivity contribution in [2.45, 2.75) is 6.92 Å². The van der Waals surface area contributed by atoms with E-state index in [1.54, 1.807) is 6.92 Å². The highest BCUT2D eigenvalue weighted by Gasteiger charge is 2.26. The van der Waals surface area contributed by atoms with Crippen LogP contribution < -0.4 is 14.8 Å². The number of methoxy groups -OCH3 is 1. The number of ether oxygens (including phenoxy) is 3. The molecule has 0 fully saturated rings. The number of anilines is 1. The average molecular weight is 478 g/mol. The fraction of sp³-hybridized carbons (Fsp3) is 0.222. The number of carbonyl (C=O) groups is 2. The zero-order chi connectivity index (χ0) is 22.4. The Balaban J connectivity index is 2.17. The standard InChI is InChI=1S/C18H15Cl3N2O7/c1-3-29-16-4-9(14(23(26)27)7-15(16)28-2)18(25)30-8-17(24)22-13-6-11(20)10(19)5-12(13)21/h4-7H,3,8H2,1-2H3,(H,22,24). The minimum Gasteiger partial charge on any atom is -0.493 e. The van der Waals surface area contributed by atoms with Crippen molar-refractivity contribution >= 4 is 58.1 Å². The van der Waals surface area contributed by atoms with Gasteiger partial charge in [-0.2, -0.15) is 0 Å². The summed E-state index contributed by atoms with van der Waals surface area (Å²) in [6.07, 6.45) is 0.